The highest BCUT2D eigenvalue weighted by atomic mass is 32.2. The van der Waals surface area contributed by atoms with E-state index < -0.39 is 0 Å². The molecule has 3 nitrogen and oxygen atoms in total. The van der Waals surface area contributed by atoms with Crippen molar-refractivity contribution in [2.24, 2.45) is 0 Å². The standard InChI is InChI=1S/C68H54BN3S/c1-5-6-21-46-38-47(44-22-9-7-10-23-44)39-55(45-24-11-8-12-25-45)67(46)72-62-42-49(70-58-30-17-13-26-51(58)52-27-14-18-31-59(52)70)34-36-56(62)69-57-37-35-50(71-60-32-19-15-28-53(60)54-29-16-20-33-61(54)71)43-64(57)73-65-41-48(68(2,3)4)40-63(72)66(65)69/h7-20,22-43H,5-6,21H2,1-4H3. The molecule has 0 spiro atoms. The van der Waals surface area contributed by atoms with Crippen molar-refractivity contribution in [2.45, 2.75) is 62.2 Å². The topological polar surface area (TPSA) is 13.1 Å². The van der Waals surface area contributed by atoms with E-state index in [1.807, 2.05) is 11.8 Å². The predicted octanol–water partition coefficient (Wildman–Crippen LogP) is 16.6. The molecule has 5 heteroatoms. The van der Waals surface area contributed by atoms with Crippen molar-refractivity contribution >= 4 is 95.5 Å². The van der Waals surface area contributed by atoms with Gasteiger partial charge in [-0.05, 0) is 130 Å². The summed E-state index contributed by atoms with van der Waals surface area (Å²) >= 11 is 1.95. The van der Waals surface area contributed by atoms with Crippen LogP contribution in [0.15, 0.2) is 228 Å². The van der Waals surface area contributed by atoms with Crippen molar-refractivity contribution in [1.29, 1.82) is 0 Å². The van der Waals surface area contributed by atoms with Gasteiger partial charge in [0.25, 0.3) is 0 Å². The Balaban J connectivity index is 1.08. The lowest BCUT2D eigenvalue weighted by Crippen LogP contribution is -2.60. The number of aromatic nitrogens is 2. The Morgan fingerprint density at radius 1 is 0.452 bits per heavy atom. The molecule has 0 amide bonds. The highest BCUT2D eigenvalue weighted by Crippen LogP contribution is 2.50. The second kappa shape index (κ2) is 17.1. The van der Waals surface area contributed by atoms with Crippen molar-refractivity contribution in [3.8, 4) is 33.6 Å². The summed E-state index contributed by atoms with van der Waals surface area (Å²) in [4.78, 5) is 5.36. The minimum Gasteiger partial charge on any atom is -0.310 e. The van der Waals surface area contributed by atoms with Gasteiger partial charge in [-0.2, -0.15) is 0 Å². The van der Waals surface area contributed by atoms with Crippen LogP contribution in [0.2, 0.25) is 0 Å². The van der Waals surface area contributed by atoms with Gasteiger partial charge in [0, 0.05) is 59.6 Å². The van der Waals surface area contributed by atoms with Gasteiger partial charge in [0.05, 0.1) is 27.8 Å². The number of unbranched alkanes of at least 4 members (excludes halogenated alkanes) is 1. The Kier molecular flexibility index (Phi) is 10.2. The van der Waals surface area contributed by atoms with E-state index in [2.05, 4.69) is 260 Å². The average Bonchev–Trinajstić information content (AvgIpc) is 3.95. The molecule has 10 aromatic carbocycles. The summed E-state index contributed by atoms with van der Waals surface area (Å²) in [7, 11) is 0. The quantitative estimate of drug-likeness (QED) is 0.141. The minimum absolute atomic E-state index is 0.00350. The smallest absolute Gasteiger partial charge is 0.249 e. The average molecular weight is 956 g/mol. The van der Waals surface area contributed by atoms with Crippen LogP contribution in [0.1, 0.15) is 51.7 Å². The van der Waals surface area contributed by atoms with Gasteiger partial charge in [-0.15, -0.1) is 0 Å². The molecule has 0 N–H and O–H groups in total. The maximum Gasteiger partial charge on any atom is 0.249 e. The number of nitrogens with zero attached hydrogens (tertiary/aromatic N) is 3. The van der Waals surface area contributed by atoms with E-state index >= 15 is 0 Å². The molecule has 0 saturated heterocycles. The molecule has 0 aliphatic carbocycles. The van der Waals surface area contributed by atoms with Gasteiger partial charge in [-0.25, -0.2) is 0 Å². The number of benzene rings is 10. The first-order valence-electron chi connectivity index (χ1n) is 26.0. The molecule has 12 aromatic rings. The van der Waals surface area contributed by atoms with E-state index in [-0.39, 0.29) is 12.1 Å². The molecule has 2 aromatic heterocycles. The normalized spacial score (nSPS) is 13.0. The van der Waals surface area contributed by atoms with E-state index in [1.165, 1.54) is 126 Å². The third-order valence-electron chi connectivity index (χ3n) is 15.7. The lowest BCUT2D eigenvalue weighted by molar-refractivity contribution is 0.589. The third kappa shape index (κ3) is 6.96. The van der Waals surface area contributed by atoms with Gasteiger partial charge in [0.1, 0.15) is 0 Å². The van der Waals surface area contributed by atoms with Crippen LogP contribution >= 0.6 is 11.8 Å². The molecular weight excluding hydrogens is 902 g/mol. The van der Waals surface area contributed by atoms with Crippen molar-refractivity contribution in [1.82, 2.24) is 9.13 Å². The molecule has 0 saturated carbocycles. The Morgan fingerprint density at radius 3 is 1.53 bits per heavy atom. The zero-order valence-electron chi connectivity index (χ0n) is 41.7. The van der Waals surface area contributed by atoms with Crippen LogP contribution in [0.25, 0.3) is 77.2 Å². The fraction of sp³-hybridized carbons (Fsp3) is 0.118. The van der Waals surface area contributed by atoms with Crippen LogP contribution in [0.4, 0.5) is 17.1 Å². The van der Waals surface area contributed by atoms with Gasteiger partial charge in [0.2, 0.25) is 6.71 Å². The molecule has 73 heavy (non-hydrogen) atoms. The number of fused-ring (bicyclic) bond motifs is 10. The lowest BCUT2D eigenvalue weighted by atomic mass is 9.34. The molecule has 2 aliphatic rings. The fourth-order valence-electron chi connectivity index (χ4n) is 12.2. The van der Waals surface area contributed by atoms with Crippen LogP contribution in [0, 0.1) is 0 Å². The molecule has 0 bridgehead atoms. The van der Waals surface area contributed by atoms with Crippen LogP contribution in [-0.2, 0) is 11.8 Å². The highest BCUT2D eigenvalue weighted by molar-refractivity contribution is 8.00. The van der Waals surface area contributed by atoms with Crippen LogP contribution in [-0.4, -0.2) is 15.8 Å². The summed E-state index contributed by atoms with van der Waals surface area (Å²) in [6, 6.07) is 82.4. The van der Waals surface area contributed by atoms with Crippen molar-refractivity contribution in [3.63, 3.8) is 0 Å². The molecule has 4 heterocycles. The summed E-state index contributed by atoms with van der Waals surface area (Å²) in [5.74, 6) is 0. The number of rotatable bonds is 8. The zero-order valence-corrected chi connectivity index (χ0v) is 42.5. The predicted molar refractivity (Wildman–Crippen MR) is 313 cm³/mol. The fourth-order valence-corrected chi connectivity index (χ4v) is 13.5. The summed E-state index contributed by atoms with van der Waals surface area (Å²) < 4.78 is 4.96. The number of anilines is 3. The van der Waals surface area contributed by atoms with Gasteiger partial charge < -0.3 is 14.0 Å². The van der Waals surface area contributed by atoms with E-state index in [0.29, 0.717) is 0 Å². The van der Waals surface area contributed by atoms with E-state index in [0.717, 1.165) is 24.9 Å². The minimum atomic E-state index is -0.117. The maximum absolute atomic E-state index is 2.72. The molecule has 14 rings (SSSR count). The Hall–Kier alpha value is -7.99. The number of hydrogen-bond donors (Lipinski definition) is 0. The zero-order chi connectivity index (χ0) is 49.0. The van der Waals surface area contributed by atoms with Crippen molar-refractivity contribution in [2.75, 3.05) is 4.90 Å². The molecule has 0 atom stereocenters. The SMILES string of the molecule is CCCCc1cc(-c2ccccc2)cc(-c2ccccc2)c1N1c2cc(-n3c4ccccc4c4ccccc43)ccc2B2c3ccc(-n4c5ccccc5c5ccccc54)cc3Sc3cc(C(C)(C)C)cc1c32. The molecule has 350 valence electrons. The first-order chi connectivity index (χ1) is 35.8. The van der Waals surface area contributed by atoms with Gasteiger partial charge >= 0.3 is 0 Å². The first-order valence-corrected chi connectivity index (χ1v) is 26.8. The van der Waals surface area contributed by atoms with Gasteiger partial charge in [-0.3, -0.25) is 0 Å². The molecule has 0 fully saturated rings. The molecular formula is C68H54BN3S. The summed E-state index contributed by atoms with van der Waals surface area (Å²) in [5, 5.41) is 5.08. The second-order valence-corrected chi connectivity index (χ2v) is 22.2. The lowest BCUT2D eigenvalue weighted by Gasteiger charge is -2.43. The van der Waals surface area contributed by atoms with Crippen molar-refractivity contribution < 1.29 is 0 Å². The second-order valence-electron chi connectivity index (χ2n) is 21.1. The first kappa shape index (κ1) is 43.8. The number of aryl methyl sites for hydroxylation is 1. The van der Waals surface area contributed by atoms with Gasteiger partial charge in [-0.1, -0.05) is 197 Å². The van der Waals surface area contributed by atoms with E-state index in [1.54, 1.807) is 0 Å². The number of para-hydroxylation sites is 4. The highest BCUT2D eigenvalue weighted by Gasteiger charge is 2.43. The Morgan fingerprint density at radius 2 is 0.973 bits per heavy atom. The maximum atomic E-state index is 2.72. The third-order valence-corrected chi connectivity index (χ3v) is 16.8. The van der Waals surface area contributed by atoms with Gasteiger partial charge in [0.15, 0.2) is 0 Å². The van der Waals surface area contributed by atoms with Crippen LogP contribution < -0.4 is 21.3 Å². The number of hydrogen-bond acceptors (Lipinski definition) is 2. The summed E-state index contributed by atoms with van der Waals surface area (Å²) in [5.41, 5.74) is 22.6. The summed E-state index contributed by atoms with van der Waals surface area (Å²) in [6.07, 6.45) is 3.14. The Labute approximate surface area is 432 Å². The molecule has 0 unspecified atom stereocenters. The van der Waals surface area contributed by atoms with E-state index in [4.69, 9.17) is 0 Å². The molecule has 0 radical (unpaired) electrons. The Bertz CT molecular complexity index is 4050. The van der Waals surface area contributed by atoms with E-state index in [9.17, 15) is 0 Å². The van der Waals surface area contributed by atoms with Crippen LogP contribution in [0.5, 0.6) is 0 Å². The monoisotopic (exact) mass is 955 g/mol. The molecule has 2 aliphatic heterocycles. The summed E-state index contributed by atoms with van der Waals surface area (Å²) in [6.45, 7) is 9.45. The largest absolute Gasteiger partial charge is 0.310 e. The van der Waals surface area contributed by atoms with Crippen molar-refractivity contribution in [3.05, 3.63) is 230 Å². The van der Waals surface area contributed by atoms with Crippen LogP contribution in [0.3, 0.4) is 0 Å².